The van der Waals surface area contributed by atoms with Crippen LogP contribution in [0.5, 0.6) is 0 Å². The fourth-order valence-electron chi connectivity index (χ4n) is 3.65. The Hall–Kier alpha value is 0.210. The Labute approximate surface area is 184 Å². The molecule has 1 N–H and O–H groups in total. The largest absolute Gasteiger partial charge is 0.355 e. The van der Waals surface area contributed by atoms with Crippen molar-refractivity contribution in [2.75, 3.05) is 39.5 Å². The molecular formula is C23H52N2OPS+. The highest BCUT2D eigenvalue weighted by Gasteiger charge is 2.43. The first-order valence-corrected chi connectivity index (χ1v) is 13.7. The number of nitrogens with zero attached hydrogens (tertiary/aromatic N) is 1. The summed E-state index contributed by atoms with van der Waals surface area (Å²) in [4.78, 5) is 13.3. The molecule has 0 heterocycles. The molecular weight excluding hydrogens is 383 g/mol. The molecule has 2 atom stereocenters. The third kappa shape index (κ3) is 9.35. The Morgan fingerprint density at radius 2 is 1.54 bits per heavy atom. The molecule has 1 amide bonds. The summed E-state index contributed by atoms with van der Waals surface area (Å²) in [6, 6.07) is 0. The van der Waals surface area contributed by atoms with Crippen LogP contribution in [-0.4, -0.2) is 60.4 Å². The van der Waals surface area contributed by atoms with E-state index >= 15 is 0 Å². The number of quaternary nitrogens is 1. The molecule has 0 aromatic rings. The van der Waals surface area contributed by atoms with Crippen LogP contribution in [0.15, 0.2) is 0 Å². The lowest BCUT2D eigenvalue weighted by Gasteiger charge is -2.42. The highest BCUT2D eigenvalue weighted by atomic mass is 32.1. The lowest BCUT2D eigenvalue weighted by molar-refractivity contribution is -0.898. The minimum Gasteiger partial charge on any atom is -0.355 e. The summed E-state index contributed by atoms with van der Waals surface area (Å²) in [5, 5.41) is 3.38. The zero-order valence-electron chi connectivity index (χ0n) is 21.0. The molecule has 5 heteroatoms. The van der Waals surface area contributed by atoms with Gasteiger partial charge in [-0.15, -0.1) is 12.6 Å². The number of rotatable bonds is 13. The van der Waals surface area contributed by atoms with Crippen LogP contribution in [0.3, 0.4) is 0 Å². The van der Waals surface area contributed by atoms with Crippen molar-refractivity contribution in [1.29, 1.82) is 0 Å². The third-order valence-corrected chi connectivity index (χ3v) is 10.5. The lowest BCUT2D eigenvalue weighted by Crippen LogP contribution is -2.49. The topological polar surface area (TPSA) is 29.1 Å². The van der Waals surface area contributed by atoms with E-state index in [2.05, 4.69) is 80.5 Å². The number of amides is 1. The highest BCUT2D eigenvalue weighted by molar-refractivity contribution is 7.80. The van der Waals surface area contributed by atoms with E-state index in [9.17, 15) is 4.79 Å². The summed E-state index contributed by atoms with van der Waals surface area (Å²) in [6.45, 7) is 21.5. The van der Waals surface area contributed by atoms with E-state index in [0.29, 0.717) is 5.37 Å². The van der Waals surface area contributed by atoms with E-state index in [1.54, 1.807) is 0 Å². The van der Waals surface area contributed by atoms with Crippen molar-refractivity contribution in [2.45, 2.75) is 98.5 Å². The number of hydrogen-bond donors (Lipinski definition) is 2. The van der Waals surface area contributed by atoms with Crippen LogP contribution in [-0.2, 0) is 4.79 Å². The van der Waals surface area contributed by atoms with Gasteiger partial charge < -0.3 is 9.80 Å². The van der Waals surface area contributed by atoms with Gasteiger partial charge in [-0.2, -0.15) is 0 Å². The molecule has 0 fully saturated rings. The maximum atomic E-state index is 13.3. The molecule has 2 unspecified atom stereocenters. The van der Waals surface area contributed by atoms with Gasteiger partial charge in [0.05, 0.1) is 25.8 Å². The van der Waals surface area contributed by atoms with E-state index < -0.39 is 0 Å². The maximum absolute atomic E-state index is 13.3. The van der Waals surface area contributed by atoms with E-state index in [0.717, 1.165) is 55.6 Å². The van der Waals surface area contributed by atoms with Crippen molar-refractivity contribution in [3.63, 3.8) is 0 Å². The van der Waals surface area contributed by atoms with Gasteiger partial charge in [0.2, 0.25) is 5.91 Å². The number of thiol groups is 1. The SMILES string of the molecule is CC.CCP(CC)C(C)(CC(C)(CC)CC)C(=O)NCCC[N+](C)(C)C(C)S. The van der Waals surface area contributed by atoms with E-state index in [1.807, 2.05) is 13.8 Å². The van der Waals surface area contributed by atoms with Crippen LogP contribution >= 0.6 is 20.6 Å². The average Bonchev–Trinajstić information content (AvgIpc) is 2.67. The molecule has 0 aliphatic rings. The van der Waals surface area contributed by atoms with Gasteiger partial charge in [0.15, 0.2) is 0 Å². The molecule has 0 saturated carbocycles. The second kappa shape index (κ2) is 14.3. The van der Waals surface area contributed by atoms with Crippen LogP contribution in [0, 0.1) is 5.41 Å². The van der Waals surface area contributed by atoms with E-state index in [-0.39, 0.29) is 24.4 Å². The van der Waals surface area contributed by atoms with Crippen LogP contribution in [0.25, 0.3) is 0 Å². The molecule has 3 nitrogen and oxygen atoms in total. The molecule has 0 aromatic carbocycles. The fourth-order valence-corrected chi connectivity index (χ4v) is 6.58. The van der Waals surface area contributed by atoms with Crippen molar-refractivity contribution >= 4 is 26.5 Å². The van der Waals surface area contributed by atoms with Crippen molar-refractivity contribution in [2.24, 2.45) is 5.41 Å². The number of carbonyl (C=O) groups excluding carboxylic acids is 1. The zero-order chi connectivity index (χ0) is 22.6. The Morgan fingerprint density at radius 3 is 1.89 bits per heavy atom. The molecule has 0 aliphatic heterocycles. The average molecular weight is 436 g/mol. The Bertz CT molecular complexity index is 421. The summed E-state index contributed by atoms with van der Waals surface area (Å²) in [7, 11) is 4.10. The maximum Gasteiger partial charge on any atom is 0.230 e. The molecule has 0 aliphatic carbocycles. The number of nitrogens with one attached hydrogen (secondary N) is 1. The first kappa shape index (κ1) is 30.4. The van der Waals surface area contributed by atoms with E-state index in [4.69, 9.17) is 0 Å². The summed E-state index contributed by atoms with van der Waals surface area (Å²) < 4.78 is 0.872. The van der Waals surface area contributed by atoms with Gasteiger partial charge in [-0.05, 0) is 38.0 Å². The predicted molar refractivity (Wildman–Crippen MR) is 134 cm³/mol. The third-order valence-electron chi connectivity index (χ3n) is 6.64. The summed E-state index contributed by atoms with van der Waals surface area (Å²) in [5.41, 5.74) is 0.247. The summed E-state index contributed by atoms with van der Waals surface area (Å²) in [6.07, 6.45) is 6.51. The smallest absolute Gasteiger partial charge is 0.230 e. The molecule has 0 rings (SSSR count). The quantitative estimate of drug-likeness (QED) is 0.114. The Morgan fingerprint density at radius 1 is 1.07 bits per heavy atom. The van der Waals surface area contributed by atoms with Crippen LogP contribution < -0.4 is 5.32 Å². The molecule has 0 saturated heterocycles. The molecule has 0 spiro atoms. The molecule has 0 radical (unpaired) electrons. The summed E-state index contributed by atoms with van der Waals surface area (Å²) in [5.74, 6) is 0.282. The second-order valence-corrected chi connectivity index (χ2v) is 13.0. The van der Waals surface area contributed by atoms with Gasteiger partial charge >= 0.3 is 0 Å². The second-order valence-electron chi connectivity index (χ2n) is 8.88. The first-order chi connectivity index (χ1) is 12.9. The Kier molecular flexibility index (Phi) is 15.5. The van der Waals surface area contributed by atoms with Crippen molar-refractivity contribution < 1.29 is 9.28 Å². The fraction of sp³-hybridized carbons (Fsp3) is 0.957. The van der Waals surface area contributed by atoms with Crippen molar-refractivity contribution in [3.05, 3.63) is 0 Å². The van der Waals surface area contributed by atoms with Gasteiger partial charge in [0.1, 0.15) is 5.37 Å². The van der Waals surface area contributed by atoms with Crippen LogP contribution in [0.1, 0.15) is 88.0 Å². The summed E-state index contributed by atoms with van der Waals surface area (Å²) >= 11 is 4.58. The van der Waals surface area contributed by atoms with Gasteiger partial charge in [-0.1, -0.05) is 69.2 Å². The number of carbonyl (C=O) groups is 1. The van der Waals surface area contributed by atoms with Crippen molar-refractivity contribution in [1.82, 2.24) is 5.32 Å². The monoisotopic (exact) mass is 435 g/mol. The van der Waals surface area contributed by atoms with E-state index in [1.165, 1.54) is 0 Å². The molecule has 28 heavy (non-hydrogen) atoms. The van der Waals surface area contributed by atoms with Crippen molar-refractivity contribution in [3.8, 4) is 0 Å². The Balaban J connectivity index is 0. The van der Waals surface area contributed by atoms with Gasteiger partial charge in [0, 0.05) is 13.0 Å². The number of hydrogen-bond acceptors (Lipinski definition) is 2. The van der Waals surface area contributed by atoms with Gasteiger partial charge in [-0.3, -0.25) is 4.79 Å². The van der Waals surface area contributed by atoms with Gasteiger partial charge in [-0.25, -0.2) is 0 Å². The molecule has 170 valence electrons. The molecule has 0 aromatic heterocycles. The highest BCUT2D eigenvalue weighted by Crippen LogP contribution is 2.55. The molecule has 0 bridgehead atoms. The zero-order valence-corrected chi connectivity index (χ0v) is 22.8. The lowest BCUT2D eigenvalue weighted by atomic mass is 9.76. The van der Waals surface area contributed by atoms with Gasteiger partial charge in [0.25, 0.3) is 0 Å². The standard InChI is InChI=1S/C21H45N2OPS.C2H6/c1-10-20(6,11-2)17-21(7,25(12-3)13-4)19(24)22-15-14-16-23(8,9)18(5)26;1-2/h18H,10-17H2,1-9H3,(H-,22,24,26);1-2H3/p+1. The van der Waals surface area contributed by atoms with Crippen LogP contribution in [0.4, 0.5) is 0 Å². The predicted octanol–water partition coefficient (Wildman–Crippen LogP) is 6.37. The minimum atomic E-state index is -0.299. The minimum absolute atomic E-state index is 0.221. The first-order valence-electron chi connectivity index (χ1n) is 11.5. The normalized spacial score (nSPS) is 15.5. The van der Waals surface area contributed by atoms with Crippen LogP contribution in [0.2, 0.25) is 0 Å².